The maximum atomic E-state index is 13.2. The average molecular weight is 486 g/mol. The van der Waals surface area contributed by atoms with Crippen molar-refractivity contribution in [2.75, 3.05) is 0 Å². The number of para-hydroxylation sites is 2. The number of benzene rings is 5. The van der Waals surface area contributed by atoms with Crippen LogP contribution in [-0.4, -0.2) is 18.8 Å². The van der Waals surface area contributed by atoms with Crippen molar-refractivity contribution >= 4 is 37.4 Å². The Bertz CT molecular complexity index is 1910. The molecule has 1 aliphatic rings. The van der Waals surface area contributed by atoms with E-state index in [0.717, 1.165) is 27.8 Å². The molecule has 7 rings (SSSR count). The van der Waals surface area contributed by atoms with Crippen LogP contribution in [0.5, 0.6) is 0 Å². The standard InChI is InChI=1S/C31H19NO3S/c33-31-25-9-3-6-12-29(25)36(34,35)30-18-15-21(19-26(30)31)20-13-16-22(17-14-20)32-27-10-4-1-7-23(27)24-8-2-5-11-28(24)32/h1-19H. The van der Waals surface area contributed by atoms with Gasteiger partial charge >= 0.3 is 0 Å². The highest BCUT2D eigenvalue weighted by atomic mass is 32.2. The number of nitrogens with zero attached hydrogens (tertiary/aromatic N) is 1. The summed E-state index contributed by atoms with van der Waals surface area (Å²) in [5, 5.41) is 2.40. The first-order valence-corrected chi connectivity index (χ1v) is 13.1. The second kappa shape index (κ2) is 7.51. The van der Waals surface area contributed by atoms with Crippen molar-refractivity contribution in [2.45, 2.75) is 9.79 Å². The van der Waals surface area contributed by atoms with E-state index >= 15 is 0 Å². The molecule has 0 fully saturated rings. The van der Waals surface area contributed by atoms with E-state index < -0.39 is 9.84 Å². The van der Waals surface area contributed by atoms with Crippen molar-refractivity contribution in [1.29, 1.82) is 0 Å². The Morgan fingerprint density at radius 3 is 1.78 bits per heavy atom. The highest BCUT2D eigenvalue weighted by molar-refractivity contribution is 7.91. The number of ketones is 1. The number of carbonyl (C=O) groups excluding carboxylic acids is 1. The second-order valence-electron chi connectivity index (χ2n) is 8.96. The maximum Gasteiger partial charge on any atom is 0.208 e. The summed E-state index contributed by atoms with van der Waals surface area (Å²) >= 11 is 0. The molecule has 5 heteroatoms. The Morgan fingerprint density at radius 2 is 1.08 bits per heavy atom. The fourth-order valence-electron chi connectivity index (χ4n) is 5.28. The van der Waals surface area contributed by atoms with Crippen LogP contribution in [0.15, 0.2) is 125 Å². The smallest absolute Gasteiger partial charge is 0.208 e. The van der Waals surface area contributed by atoms with Crippen molar-refractivity contribution in [2.24, 2.45) is 0 Å². The summed E-state index contributed by atoms with van der Waals surface area (Å²) in [7, 11) is -3.74. The van der Waals surface area contributed by atoms with Crippen LogP contribution in [0, 0.1) is 0 Å². The Labute approximate surface area is 208 Å². The lowest BCUT2D eigenvalue weighted by molar-refractivity contribution is 0.103. The van der Waals surface area contributed by atoms with Gasteiger partial charge in [-0.25, -0.2) is 8.42 Å². The van der Waals surface area contributed by atoms with Crippen LogP contribution >= 0.6 is 0 Å². The monoisotopic (exact) mass is 485 g/mol. The van der Waals surface area contributed by atoms with Gasteiger partial charge in [-0.05, 0) is 59.7 Å². The third-order valence-electron chi connectivity index (χ3n) is 6.97. The van der Waals surface area contributed by atoms with Gasteiger partial charge in [0.25, 0.3) is 0 Å². The first kappa shape index (κ1) is 20.9. The molecular weight excluding hydrogens is 466 g/mol. The lowest BCUT2D eigenvalue weighted by Gasteiger charge is -2.19. The molecule has 0 aliphatic carbocycles. The van der Waals surface area contributed by atoms with Crippen molar-refractivity contribution in [3.05, 3.63) is 126 Å². The van der Waals surface area contributed by atoms with Crippen molar-refractivity contribution in [1.82, 2.24) is 4.57 Å². The van der Waals surface area contributed by atoms with Crippen molar-refractivity contribution < 1.29 is 13.2 Å². The molecule has 172 valence electrons. The van der Waals surface area contributed by atoms with Gasteiger partial charge in [0.15, 0.2) is 5.78 Å². The van der Waals surface area contributed by atoms with Gasteiger partial charge in [-0.2, -0.15) is 0 Å². The fraction of sp³-hybridized carbons (Fsp3) is 0. The van der Waals surface area contributed by atoms with E-state index in [1.807, 2.05) is 24.3 Å². The molecule has 1 aliphatic heterocycles. The van der Waals surface area contributed by atoms with Crippen LogP contribution in [0.4, 0.5) is 0 Å². The third kappa shape index (κ3) is 2.87. The molecule has 0 saturated heterocycles. The van der Waals surface area contributed by atoms with Crippen LogP contribution < -0.4 is 0 Å². The van der Waals surface area contributed by atoms with E-state index in [2.05, 4.69) is 53.1 Å². The topological polar surface area (TPSA) is 56.1 Å². The van der Waals surface area contributed by atoms with Crippen molar-refractivity contribution in [3.8, 4) is 16.8 Å². The summed E-state index contributed by atoms with van der Waals surface area (Å²) in [6.07, 6.45) is 0. The molecule has 0 saturated carbocycles. The van der Waals surface area contributed by atoms with E-state index in [4.69, 9.17) is 0 Å². The Hall–Kier alpha value is -4.48. The van der Waals surface area contributed by atoms with Crippen molar-refractivity contribution in [3.63, 3.8) is 0 Å². The predicted octanol–water partition coefficient (Wildman–Crippen LogP) is 6.83. The van der Waals surface area contributed by atoms with Crippen LogP contribution in [0.1, 0.15) is 15.9 Å². The summed E-state index contributed by atoms with van der Waals surface area (Å²) in [6.45, 7) is 0. The van der Waals surface area contributed by atoms with Crippen LogP contribution in [0.25, 0.3) is 38.6 Å². The second-order valence-corrected chi connectivity index (χ2v) is 10.8. The molecule has 0 bridgehead atoms. The molecule has 2 heterocycles. The Morgan fingerprint density at radius 1 is 0.528 bits per heavy atom. The number of carbonyl (C=O) groups is 1. The zero-order valence-electron chi connectivity index (χ0n) is 19.0. The minimum atomic E-state index is -3.74. The zero-order valence-corrected chi connectivity index (χ0v) is 19.9. The molecule has 36 heavy (non-hydrogen) atoms. The number of fused-ring (bicyclic) bond motifs is 5. The SMILES string of the molecule is O=C1c2ccccc2S(=O)(=O)c2ccc(-c3ccc(-n4c5ccccc5c5ccccc54)cc3)cc21. The van der Waals surface area contributed by atoms with Gasteiger partial charge in [0.05, 0.1) is 20.8 Å². The van der Waals surface area contributed by atoms with Gasteiger partial charge in [-0.3, -0.25) is 4.79 Å². The molecule has 0 unspecified atom stereocenters. The first-order chi connectivity index (χ1) is 17.5. The van der Waals surface area contributed by atoms with Crippen LogP contribution in [0.3, 0.4) is 0 Å². The normalized spacial score (nSPS) is 14.1. The van der Waals surface area contributed by atoms with E-state index in [-0.39, 0.29) is 26.7 Å². The highest BCUT2D eigenvalue weighted by Crippen LogP contribution is 2.37. The Kier molecular flexibility index (Phi) is 4.35. The molecule has 0 N–H and O–H groups in total. The molecule has 0 spiro atoms. The number of hydrogen-bond donors (Lipinski definition) is 0. The molecular formula is C31H19NO3S. The quantitative estimate of drug-likeness (QED) is 0.270. The number of aromatic nitrogens is 1. The summed E-state index contributed by atoms with van der Waals surface area (Å²) in [4.78, 5) is 13.3. The molecule has 1 aromatic heterocycles. The minimum Gasteiger partial charge on any atom is -0.309 e. The number of rotatable bonds is 2. The summed E-state index contributed by atoms with van der Waals surface area (Å²) in [5.41, 5.74) is 5.45. The third-order valence-corrected chi connectivity index (χ3v) is 8.84. The van der Waals surface area contributed by atoms with Crippen LogP contribution in [0.2, 0.25) is 0 Å². The maximum absolute atomic E-state index is 13.2. The lowest BCUT2D eigenvalue weighted by atomic mass is 9.97. The molecule has 0 atom stereocenters. The molecule has 0 radical (unpaired) electrons. The molecule has 0 amide bonds. The average Bonchev–Trinajstić information content (AvgIpc) is 3.26. The minimum absolute atomic E-state index is 0.0665. The van der Waals surface area contributed by atoms with E-state index in [1.54, 1.807) is 36.4 Å². The van der Waals surface area contributed by atoms with Gasteiger partial charge in [-0.15, -0.1) is 0 Å². The summed E-state index contributed by atoms with van der Waals surface area (Å²) in [6, 6.07) is 36.3. The molecule has 6 aromatic rings. The number of sulfone groups is 1. The van der Waals surface area contributed by atoms with Gasteiger partial charge in [0.1, 0.15) is 0 Å². The van der Waals surface area contributed by atoms with Gasteiger partial charge < -0.3 is 4.57 Å². The van der Waals surface area contributed by atoms with E-state index in [0.29, 0.717) is 0 Å². The largest absolute Gasteiger partial charge is 0.309 e. The summed E-state index contributed by atoms with van der Waals surface area (Å²) in [5.74, 6) is -0.265. The fourth-order valence-corrected chi connectivity index (χ4v) is 6.91. The van der Waals surface area contributed by atoms with E-state index in [9.17, 15) is 13.2 Å². The predicted molar refractivity (Wildman–Crippen MR) is 142 cm³/mol. The zero-order chi connectivity index (χ0) is 24.4. The van der Waals surface area contributed by atoms with Gasteiger partial charge in [0, 0.05) is 27.6 Å². The van der Waals surface area contributed by atoms with Gasteiger partial charge in [0.2, 0.25) is 9.84 Å². The van der Waals surface area contributed by atoms with E-state index in [1.165, 1.54) is 16.8 Å². The highest BCUT2D eigenvalue weighted by Gasteiger charge is 2.34. The number of hydrogen-bond acceptors (Lipinski definition) is 3. The first-order valence-electron chi connectivity index (χ1n) is 11.7. The summed E-state index contributed by atoms with van der Waals surface area (Å²) < 4.78 is 28.5. The van der Waals surface area contributed by atoms with Gasteiger partial charge in [-0.1, -0.05) is 66.7 Å². The Balaban J connectivity index is 1.34. The lowest BCUT2D eigenvalue weighted by Crippen LogP contribution is -2.20. The molecule has 4 nitrogen and oxygen atoms in total. The molecule has 5 aromatic carbocycles. The van der Waals surface area contributed by atoms with Crippen LogP contribution in [-0.2, 0) is 9.84 Å².